The topological polar surface area (TPSA) is 20.3 Å². The number of nitrogens with zero attached hydrogens (tertiary/aromatic N) is 1. The quantitative estimate of drug-likeness (QED) is 0.373. The van der Waals surface area contributed by atoms with E-state index in [1.165, 1.54) is 5.75 Å². The summed E-state index contributed by atoms with van der Waals surface area (Å²) in [7, 11) is 0.256. The Labute approximate surface area is 63.1 Å². The highest BCUT2D eigenvalue weighted by Crippen LogP contribution is 2.37. The first kappa shape index (κ1) is 6.40. The average molecular weight is 157 g/mol. The normalized spacial score (nSPS) is 38.8. The monoisotopic (exact) mass is 157 g/mol. The van der Waals surface area contributed by atoms with Gasteiger partial charge in [0.2, 0.25) is 5.91 Å². The molecule has 0 aromatic heterocycles. The summed E-state index contributed by atoms with van der Waals surface area (Å²) in [4.78, 5) is 12.9. The number of hydrogen-bond donors (Lipinski definition) is 0. The van der Waals surface area contributed by atoms with Gasteiger partial charge in [0.15, 0.2) is 0 Å². The van der Waals surface area contributed by atoms with E-state index in [9.17, 15) is 4.79 Å². The molecular weight excluding hydrogens is 146 g/mol. The fourth-order valence-corrected chi connectivity index (χ4v) is 3.28. The Bertz CT molecular complexity index is 202. The summed E-state index contributed by atoms with van der Waals surface area (Å²) >= 11 is 0. The van der Waals surface area contributed by atoms with Gasteiger partial charge in [0.05, 0.1) is 11.8 Å². The van der Waals surface area contributed by atoms with Crippen LogP contribution in [0.2, 0.25) is 0 Å². The van der Waals surface area contributed by atoms with Crippen molar-refractivity contribution in [1.29, 1.82) is 0 Å². The highest BCUT2D eigenvalue weighted by molar-refractivity contribution is 8.14. The van der Waals surface area contributed by atoms with E-state index >= 15 is 0 Å². The Morgan fingerprint density at radius 2 is 2.50 bits per heavy atom. The molecule has 2 fully saturated rings. The molecule has 10 heavy (non-hydrogen) atoms. The second-order valence-electron chi connectivity index (χ2n) is 2.84. The van der Waals surface area contributed by atoms with Gasteiger partial charge < -0.3 is 4.90 Å². The summed E-state index contributed by atoms with van der Waals surface area (Å²) in [5.41, 5.74) is 0. The van der Waals surface area contributed by atoms with Crippen LogP contribution in [0, 0.1) is 0 Å². The van der Waals surface area contributed by atoms with Gasteiger partial charge in [-0.2, -0.15) is 10.5 Å². The number of β-lactam (4-membered cyclic amide) rings is 1. The van der Waals surface area contributed by atoms with E-state index in [4.69, 9.17) is 0 Å². The van der Waals surface area contributed by atoms with Gasteiger partial charge in [0.1, 0.15) is 0 Å². The molecule has 0 saturated carbocycles. The van der Waals surface area contributed by atoms with Gasteiger partial charge >= 0.3 is 0 Å². The first-order valence-electron chi connectivity index (χ1n) is 3.58. The Morgan fingerprint density at radius 3 is 3.10 bits per heavy atom. The van der Waals surface area contributed by atoms with Gasteiger partial charge in [-0.1, -0.05) is 5.87 Å². The lowest BCUT2D eigenvalue weighted by Gasteiger charge is -2.45. The number of amides is 1. The molecule has 1 amide bonds. The molecule has 2 nitrogen and oxygen atoms in total. The van der Waals surface area contributed by atoms with Crippen LogP contribution in [-0.4, -0.2) is 34.3 Å². The van der Waals surface area contributed by atoms with Gasteiger partial charge in [-0.25, -0.2) is 0 Å². The van der Waals surface area contributed by atoms with Gasteiger partial charge in [-0.05, 0) is 12.2 Å². The van der Waals surface area contributed by atoms with Crippen molar-refractivity contribution in [2.24, 2.45) is 0 Å². The summed E-state index contributed by atoms with van der Waals surface area (Å²) in [5.74, 6) is 5.62. The predicted molar refractivity (Wildman–Crippen MR) is 44.3 cm³/mol. The first-order valence-corrected chi connectivity index (χ1v) is 5.20. The predicted octanol–water partition coefficient (Wildman–Crippen LogP) is 0.649. The minimum absolute atomic E-state index is 0.256. The van der Waals surface area contributed by atoms with Crippen LogP contribution in [0.1, 0.15) is 12.8 Å². The number of rotatable bonds is 0. The zero-order valence-corrected chi connectivity index (χ0v) is 6.69. The molecule has 0 radical (unpaired) electrons. The lowest BCUT2D eigenvalue weighted by molar-refractivity contribution is -0.141. The summed E-state index contributed by atoms with van der Waals surface area (Å²) in [6.07, 6.45) is 1.93. The first-order chi connectivity index (χ1) is 4.79. The van der Waals surface area contributed by atoms with Gasteiger partial charge in [0, 0.05) is 6.54 Å². The van der Waals surface area contributed by atoms with E-state index < -0.39 is 0 Å². The molecule has 2 aliphatic rings. The maximum Gasteiger partial charge on any atom is 0.226 e. The minimum Gasteiger partial charge on any atom is -0.331 e. The van der Waals surface area contributed by atoms with Crippen molar-refractivity contribution in [2.45, 2.75) is 18.2 Å². The van der Waals surface area contributed by atoms with Crippen molar-refractivity contribution in [3.63, 3.8) is 0 Å². The molecule has 0 aliphatic carbocycles. The fourth-order valence-electron chi connectivity index (χ4n) is 1.55. The summed E-state index contributed by atoms with van der Waals surface area (Å²) in [5, 5.41) is 0.529. The summed E-state index contributed by atoms with van der Waals surface area (Å²) < 4.78 is 0. The molecule has 0 spiro atoms. The molecule has 2 rings (SSSR count). The SMILES string of the molecule is C=S1CCCN2C(=O)C[C@H]21. The van der Waals surface area contributed by atoms with Gasteiger partial charge in [0.25, 0.3) is 0 Å². The molecule has 0 N–H and O–H groups in total. The number of carbonyl (C=O) groups is 1. The molecule has 0 aromatic carbocycles. The van der Waals surface area contributed by atoms with Crippen LogP contribution in [-0.2, 0) is 4.79 Å². The van der Waals surface area contributed by atoms with Crippen molar-refractivity contribution in [3.05, 3.63) is 0 Å². The lowest BCUT2D eigenvalue weighted by Crippen LogP contribution is -2.54. The van der Waals surface area contributed by atoms with Crippen molar-refractivity contribution >= 4 is 22.3 Å². The van der Waals surface area contributed by atoms with Crippen molar-refractivity contribution < 1.29 is 4.79 Å². The van der Waals surface area contributed by atoms with Crippen molar-refractivity contribution in [3.8, 4) is 0 Å². The second kappa shape index (κ2) is 2.09. The van der Waals surface area contributed by atoms with E-state index in [2.05, 4.69) is 5.87 Å². The van der Waals surface area contributed by atoms with Crippen LogP contribution in [0.25, 0.3) is 0 Å². The molecule has 2 atom stereocenters. The number of hydrogen-bond acceptors (Lipinski definition) is 1. The third-order valence-electron chi connectivity index (χ3n) is 2.21. The van der Waals surface area contributed by atoms with E-state index in [-0.39, 0.29) is 10.5 Å². The molecule has 56 valence electrons. The minimum atomic E-state index is 0.256. The molecule has 3 heteroatoms. The standard InChI is InChI=1S/C7H11NOS/c1-10-4-2-3-8-6(9)5-7(8)10/h7H,1-5H2/t7-,10?/m1/s1. The summed E-state index contributed by atoms with van der Waals surface area (Å²) in [6.45, 7) is 0.989. The van der Waals surface area contributed by atoms with E-state index in [0.717, 1.165) is 19.4 Å². The maximum atomic E-state index is 10.9. The van der Waals surface area contributed by atoms with Crippen molar-refractivity contribution in [1.82, 2.24) is 4.90 Å². The summed E-state index contributed by atoms with van der Waals surface area (Å²) in [6, 6.07) is 0. The molecule has 0 aromatic rings. The van der Waals surface area contributed by atoms with Crippen LogP contribution in [0.3, 0.4) is 0 Å². The number of carbonyl (C=O) groups excluding carboxylic acids is 1. The average Bonchev–Trinajstić information content (AvgIpc) is 1.91. The van der Waals surface area contributed by atoms with E-state index in [0.29, 0.717) is 11.3 Å². The molecule has 2 aliphatic heterocycles. The van der Waals surface area contributed by atoms with Crippen LogP contribution < -0.4 is 0 Å². The highest BCUT2D eigenvalue weighted by atomic mass is 32.2. The lowest BCUT2D eigenvalue weighted by atomic mass is 10.2. The van der Waals surface area contributed by atoms with Gasteiger partial charge in [-0.3, -0.25) is 4.79 Å². The Balaban J connectivity index is 2.12. The van der Waals surface area contributed by atoms with Crippen LogP contribution in [0.4, 0.5) is 0 Å². The largest absolute Gasteiger partial charge is 0.331 e. The van der Waals surface area contributed by atoms with Gasteiger partial charge in [-0.15, -0.1) is 0 Å². The highest BCUT2D eigenvalue weighted by Gasteiger charge is 2.38. The molecule has 1 unspecified atom stereocenters. The van der Waals surface area contributed by atoms with E-state index in [1.807, 2.05) is 4.90 Å². The Kier molecular flexibility index (Phi) is 1.34. The zero-order valence-electron chi connectivity index (χ0n) is 5.88. The third kappa shape index (κ3) is 0.732. The molecule has 0 bridgehead atoms. The zero-order chi connectivity index (χ0) is 7.14. The Hall–Kier alpha value is -0.310. The fraction of sp³-hybridized carbons (Fsp3) is 0.714. The maximum absolute atomic E-state index is 10.9. The van der Waals surface area contributed by atoms with E-state index in [1.54, 1.807) is 0 Å². The third-order valence-corrected chi connectivity index (χ3v) is 4.21. The van der Waals surface area contributed by atoms with Crippen LogP contribution >= 0.6 is 10.5 Å². The van der Waals surface area contributed by atoms with Crippen LogP contribution in [0.15, 0.2) is 0 Å². The molecule has 2 saturated heterocycles. The second-order valence-corrected chi connectivity index (χ2v) is 4.87. The molecule has 2 heterocycles. The number of fused-ring (bicyclic) bond motifs is 1. The smallest absolute Gasteiger partial charge is 0.226 e. The Morgan fingerprint density at radius 1 is 1.70 bits per heavy atom. The molecular formula is C7H11NOS. The van der Waals surface area contributed by atoms with Crippen LogP contribution in [0.5, 0.6) is 0 Å². The van der Waals surface area contributed by atoms with Crippen molar-refractivity contribution in [2.75, 3.05) is 12.3 Å².